The van der Waals surface area contributed by atoms with Crippen LogP contribution in [0.3, 0.4) is 0 Å². The van der Waals surface area contributed by atoms with E-state index in [2.05, 4.69) is 24.1 Å². The fraction of sp³-hybridized carbons (Fsp3) is 0.455. The minimum absolute atomic E-state index is 0.00569. The topological polar surface area (TPSA) is 52.7 Å². The highest BCUT2D eigenvalue weighted by Crippen LogP contribution is 2.43. The highest BCUT2D eigenvalue weighted by molar-refractivity contribution is 7.10. The molecule has 0 aliphatic carbocycles. The van der Waals surface area contributed by atoms with Gasteiger partial charge in [-0.25, -0.2) is 0 Å². The zero-order chi connectivity index (χ0) is 20.1. The van der Waals surface area contributed by atoms with Crippen LogP contribution < -0.4 is 10.2 Å². The number of thiophene rings is 1. The molecule has 1 aliphatic rings. The number of hydrogen-bond donors (Lipinski definition) is 1. The summed E-state index contributed by atoms with van der Waals surface area (Å²) in [7, 11) is 0. The van der Waals surface area contributed by atoms with E-state index in [4.69, 9.17) is 0 Å². The summed E-state index contributed by atoms with van der Waals surface area (Å²) in [5.41, 5.74) is 2.00. The Morgan fingerprint density at radius 2 is 1.93 bits per heavy atom. The SMILES string of the molecule is CCN(CC)CCNC(=O)C1CC(=O)N(c2ccc(C)cc2)C1c1cccs1. The molecule has 6 heteroatoms. The summed E-state index contributed by atoms with van der Waals surface area (Å²) in [6.07, 6.45) is 0.244. The van der Waals surface area contributed by atoms with Gasteiger partial charge in [-0.3, -0.25) is 9.59 Å². The molecule has 0 bridgehead atoms. The monoisotopic (exact) mass is 399 g/mol. The number of carbonyl (C=O) groups excluding carboxylic acids is 2. The highest BCUT2D eigenvalue weighted by atomic mass is 32.1. The second-order valence-corrected chi connectivity index (χ2v) is 8.17. The normalized spacial score (nSPS) is 19.4. The van der Waals surface area contributed by atoms with E-state index >= 15 is 0 Å². The van der Waals surface area contributed by atoms with Gasteiger partial charge in [0.2, 0.25) is 11.8 Å². The number of carbonyl (C=O) groups is 2. The maximum absolute atomic E-state index is 13.0. The van der Waals surface area contributed by atoms with Crippen LogP contribution in [0, 0.1) is 12.8 Å². The Bertz CT molecular complexity index is 785. The number of amides is 2. The van der Waals surface area contributed by atoms with Gasteiger partial charge in [0, 0.05) is 30.1 Å². The molecule has 0 radical (unpaired) electrons. The third-order valence-corrected chi connectivity index (χ3v) is 6.37. The number of nitrogens with zero attached hydrogens (tertiary/aromatic N) is 2. The number of rotatable bonds is 8. The smallest absolute Gasteiger partial charge is 0.228 e. The maximum Gasteiger partial charge on any atom is 0.228 e. The summed E-state index contributed by atoms with van der Waals surface area (Å²) in [5.74, 6) is -0.399. The number of hydrogen-bond acceptors (Lipinski definition) is 4. The van der Waals surface area contributed by atoms with E-state index in [9.17, 15) is 9.59 Å². The van der Waals surface area contributed by atoms with Gasteiger partial charge in [-0.2, -0.15) is 0 Å². The zero-order valence-electron chi connectivity index (χ0n) is 16.9. The van der Waals surface area contributed by atoms with Gasteiger partial charge in [0.1, 0.15) is 0 Å². The molecule has 1 fully saturated rings. The van der Waals surface area contributed by atoms with Crippen LogP contribution in [0.4, 0.5) is 5.69 Å². The first kappa shape index (κ1) is 20.6. The van der Waals surface area contributed by atoms with Gasteiger partial charge in [0.05, 0.1) is 12.0 Å². The second kappa shape index (κ2) is 9.34. The molecule has 1 N–H and O–H groups in total. The van der Waals surface area contributed by atoms with Crippen LogP contribution in [-0.2, 0) is 9.59 Å². The van der Waals surface area contributed by atoms with Crippen molar-refractivity contribution in [3.63, 3.8) is 0 Å². The van der Waals surface area contributed by atoms with Crippen LogP contribution in [-0.4, -0.2) is 42.9 Å². The summed E-state index contributed by atoms with van der Waals surface area (Å²) < 4.78 is 0. The number of benzene rings is 1. The molecule has 1 aromatic heterocycles. The van der Waals surface area contributed by atoms with Crippen LogP contribution in [0.1, 0.15) is 36.8 Å². The Kier molecular flexibility index (Phi) is 6.86. The molecule has 1 aliphatic heterocycles. The van der Waals surface area contributed by atoms with Crippen molar-refractivity contribution in [2.24, 2.45) is 5.92 Å². The highest BCUT2D eigenvalue weighted by Gasteiger charge is 2.45. The van der Waals surface area contributed by atoms with Gasteiger partial charge < -0.3 is 15.1 Å². The van der Waals surface area contributed by atoms with E-state index in [0.717, 1.165) is 35.8 Å². The van der Waals surface area contributed by atoms with Crippen LogP contribution >= 0.6 is 11.3 Å². The van der Waals surface area contributed by atoms with Crippen molar-refractivity contribution in [3.05, 3.63) is 52.2 Å². The first-order chi connectivity index (χ1) is 13.5. The molecule has 3 rings (SSSR count). The van der Waals surface area contributed by atoms with E-state index in [-0.39, 0.29) is 30.2 Å². The average Bonchev–Trinajstić information content (AvgIpc) is 3.33. The van der Waals surface area contributed by atoms with Crippen molar-refractivity contribution >= 4 is 28.8 Å². The van der Waals surface area contributed by atoms with Crippen LogP contribution in [0.5, 0.6) is 0 Å². The van der Waals surface area contributed by atoms with E-state index in [0.29, 0.717) is 6.54 Å². The summed E-state index contributed by atoms with van der Waals surface area (Å²) in [4.78, 5) is 31.0. The van der Waals surface area contributed by atoms with E-state index < -0.39 is 0 Å². The first-order valence-electron chi connectivity index (χ1n) is 9.97. The van der Waals surface area contributed by atoms with Crippen molar-refractivity contribution in [1.29, 1.82) is 0 Å². The van der Waals surface area contributed by atoms with Gasteiger partial charge in [0.25, 0.3) is 0 Å². The third kappa shape index (κ3) is 4.45. The van der Waals surface area contributed by atoms with Crippen molar-refractivity contribution < 1.29 is 9.59 Å². The predicted octanol–water partition coefficient (Wildman–Crippen LogP) is 3.61. The predicted molar refractivity (Wildman–Crippen MR) is 115 cm³/mol. The van der Waals surface area contributed by atoms with Gasteiger partial charge >= 0.3 is 0 Å². The Morgan fingerprint density at radius 3 is 2.54 bits per heavy atom. The van der Waals surface area contributed by atoms with Gasteiger partial charge in [-0.15, -0.1) is 11.3 Å². The minimum Gasteiger partial charge on any atom is -0.354 e. The third-order valence-electron chi connectivity index (χ3n) is 5.43. The number of nitrogens with one attached hydrogen (secondary N) is 1. The fourth-order valence-corrected chi connectivity index (χ4v) is 4.65. The Morgan fingerprint density at radius 1 is 1.21 bits per heavy atom. The molecule has 2 atom stereocenters. The summed E-state index contributed by atoms with van der Waals surface area (Å²) in [6, 6.07) is 11.7. The van der Waals surface area contributed by atoms with Gasteiger partial charge in [0.15, 0.2) is 0 Å². The molecule has 0 spiro atoms. The Labute approximate surface area is 171 Å². The van der Waals surface area contributed by atoms with Gasteiger partial charge in [-0.05, 0) is 43.6 Å². The number of anilines is 1. The van der Waals surface area contributed by atoms with Crippen LogP contribution in [0.15, 0.2) is 41.8 Å². The molecule has 2 amide bonds. The summed E-state index contributed by atoms with van der Waals surface area (Å²) in [5, 5.41) is 5.06. The van der Waals surface area contributed by atoms with E-state index in [1.807, 2.05) is 48.7 Å². The second-order valence-electron chi connectivity index (χ2n) is 7.19. The maximum atomic E-state index is 13.0. The zero-order valence-corrected chi connectivity index (χ0v) is 17.7. The minimum atomic E-state index is -0.371. The standard InChI is InChI=1S/C22H29N3O2S/c1-4-24(5-2)13-12-23-22(27)18-15-20(26)25(17-10-8-16(3)9-11-17)21(18)19-7-6-14-28-19/h6-11,14,18,21H,4-5,12-13,15H2,1-3H3,(H,23,27). The summed E-state index contributed by atoms with van der Waals surface area (Å²) >= 11 is 1.60. The first-order valence-corrected chi connectivity index (χ1v) is 10.8. The van der Waals surface area contributed by atoms with Crippen molar-refractivity contribution in [2.75, 3.05) is 31.1 Å². The molecule has 0 saturated carbocycles. The van der Waals surface area contributed by atoms with E-state index in [1.54, 1.807) is 16.2 Å². The molecular formula is C22H29N3O2S. The number of likely N-dealkylation sites (N-methyl/N-ethyl adjacent to an activating group) is 1. The van der Waals surface area contributed by atoms with E-state index in [1.165, 1.54) is 0 Å². The average molecular weight is 400 g/mol. The lowest BCUT2D eigenvalue weighted by Crippen LogP contribution is -2.39. The Balaban J connectivity index is 1.79. The molecule has 1 aromatic carbocycles. The molecule has 2 aromatic rings. The molecular weight excluding hydrogens is 370 g/mol. The molecule has 1 saturated heterocycles. The summed E-state index contributed by atoms with van der Waals surface area (Å²) in [6.45, 7) is 9.62. The lowest BCUT2D eigenvalue weighted by molar-refractivity contribution is -0.126. The van der Waals surface area contributed by atoms with Crippen molar-refractivity contribution in [2.45, 2.75) is 33.2 Å². The Hall–Kier alpha value is -2.18. The van der Waals surface area contributed by atoms with Crippen LogP contribution in [0.2, 0.25) is 0 Å². The van der Waals surface area contributed by atoms with Crippen molar-refractivity contribution in [1.82, 2.24) is 10.2 Å². The largest absolute Gasteiger partial charge is 0.354 e. The molecule has 2 heterocycles. The lowest BCUT2D eigenvalue weighted by atomic mass is 9.97. The fourth-order valence-electron chi connectivity index (χ4n) is 3.77. The quantitative estimate of drug-likeness (QED) is 0.738. The van der Waals surface area contributed by atoms with Crippen LogP contribution in [0.25, 0.3) is 0 Å². The molecule has 2 unspecified atom stereocenters. The molecule has 28 heavy (non-hydrogen) atoms. The molecule has 150 valence electrons. The lowest BCUT2D eigenvalue weighted by Gasteiger charge is -2.27. The molecule has 5 nitrogen and oxygen atoms in total. The van der Waals surface area contributed by atoms with Gasteiger partial charge in [-0.1, -0.05) is 37.6 Å². The van der Waals surface area contributed by atoms with Crippen molar-refractivity contribution in [3.8, 4) is 0 Å². The number of aryl methyl sites for hydroxylation is 1.